The standard InChI is InChI=1S/C9H20O4S/c1-2-9(14(11,12)13)7-5-3-4-6-8-10/h9-10H,2-8H2,1H3,(H,11,12,13). The lowest BCUT2D eigenvalue weighted by molar-refractivity contribution is 0.282. The summed E-state index contributed by atoms with van der Waals surface area (Å²) in [6, 6.07) is 0. The Morgan fingerprint density at radius 1 is 1.14 bits per heavy atom. The quantitative estimate of drug-likeness (QED) is 0.485. The van der Waals surface area contributed by atoms with Crippen LogP contribution in [0.5, 0.6) is 0 Å². The van der Waals surface area contributed by atoms with Crippen molar-refractivity contribution in [3.8, 4) is 0 Å². The highest BCUT2D eigenvalue weighted by Crippen LogP contribution is 2.13. The zero-order valence-electron chi connectivity index (χ0n) is 8.65. The smallest absolute Gasteiger partial charge is 0.267 e. The van der Waals surface area contributed by atoms with Crippen LogP contribution in [0.2, 0.25) is 0 Å². The second-order valence-electron chi connectivity index (χ2n) is 3.47. The molecule has 1 atom stereocenters. The van der Waals surface area contributed by atoms with Crippen LogP contribution in [-0.4, -0.2) is 29.9 Å². The molecule has 0 aromatic heterocycles. The molecule has 0 heterocycles. The molecule has 0 aliphatic heterocycles. The summed E-state index contributed by atoms with van der Waals surface area (Å²) < 4.78 is 30.4. The van der Waals surface area contributed by atoms with Gasteiger partial charge < -0.3 is 5.11 Å². The maximum atomic E-state index is 10.8. The predicted molar refractivity (Wildman–Crippen MR) is 55.8 cm³/mol. The summed E-state index contributed by atoms with van der Waals surface area (Å²) >= 11 is 0. The average molecular weight is 224 g/mol. The van der Waals surface area contributed by atoms with Crippen LogP contribution in [-0.2, 0) is 10.1 Å². The maximum absolute atomic E-state index is 10.8. The minimum absolute atomic E-state index is 0.190. The Balaban J connectivity index is 3.65. The molecule has 1 unspecified atom stereocenters. The van der Waals surface area contributed by atoms with Crippen LogP contribution in [0.3, 0.4) is 0 Å². The first kappa shape index (κ1) is 13.9. The van der Waals surface area contributed by atoms with Crippen molar-refractivity contribution in [1.29, 1.82) is 0 Å². The van der Waals surface area contributed by atoms with Gasteiger partial charge in [-0.25, -0.2) is 0 Å². The van der Waals surface area contributed by atoms with Crippen LogP contribution in [0.15, 0.2) is 0 Å². The summed E-state index contributed by atoms with van der Waals surface area (Å²) in [4.78, 5) is 0. The Morgan fingerprint density at radius 2 is 1.71 bits per heavy atom. The number of hydrogen-bond acceptors (Lipinski definition) is 3. The van der Waals surface area contributed by atoms with Gasteiger partial charge in [0.25, 0.3) is 10.1 Å². The van der Waals surface area contributed by atoms with Gasteiger partial charge in [0.2, 0.25) is 0 Å². The molecule has 0 aromatic carbocycles. The molecule has 0 aliphatic carbocycles. The van der Waals surface area contributed by atoms with Crippen molar-refractivity contribution >= 4 is 10.1 Å². The van der Waals surface area contributed by atoms with Crippen LogP contribution in [0.4, 0.5) is 0 Å². The summed E-state index contributed by atoms with van der Waals surface area (Å²) in [7, 11) is -3.86. The molecule has 14 heavy (non-hydrogen) atoms. The summed E-state index contributed by atoms with van der Waals surface area (Å²) in [6.07, 6.45) is 4.35. The maximum Gasteiger partial charge on any atom is 0.267 e. The highest BCUT2D eigenvalue weighted by molar-refractivity contribution is 7.86. The van der Waals surface area contributed by atoms with Crippen LogP contribution in [0.25, 0.3) is 0 Å². The topological polar surface area (TPSA) is 74.6 Å². The van der Waals surface area contributed by atoms with E-state index < -0.39 is 15.4 Å². The van der Waals surface area contributed by atoms with Gasteiger partial charge in [0.15, 0.2) is 0 Å². The number of rotatable bonds is 8. The predicted octanol–water partition coefficient (Wildman–Crippen LogP) is 1.60. The monoisotopic (exact) mass is 224 g/mol. The normalized spacial score (nSPS) is 14.2. The zero-order valence-corrected chi connectivity index (χ0v) is 9.46. The van der Waals surface area contributed by atoms with E-state index in [0.717, 1.165) is 25.7 Å². The lowest BCUT2D eigenvalue weighted by Crippen LogP contribution is -2.19. The zero-order chi connectivity index (χ0) is 11.0. The minimum Gasteiger partial charge on any atom is -0.396 e. The third kappa shape index (κ3) is 6.34. The Hall–Kier alpha value is -0.130. The summed E-state index contributed by atoms with van der Waals surface area (Å²) in [5.74, 6) is 0. The van der Waals surface area contributed by atoms with E-state index in [1.54, 1.807) is 6.92 Å². The summed E-state index contributed by atoms with van der Waals surface area (Å²) in [5, 5.41) is 7.90. The fraction of sp³-hybridized carbons (Fsp3) is 1.00. The molecule has 0 radical (unpaired) electrons. The summed E-state index contributed by atoms with van der Waals surface area (Å²) in [6.45, 7) is 1.95. The van der Waals surface area contributed by atoms with E-state index in [1.807, 2.05) is 0 Å². The van der Waals surface area contributed by atoms with Crippen molar-refractivity contribution in [2.75, 3.05) is 6.61 Å². The van der Waals surface area contributed by atoms with E-state index in [4.69, 9.17) is 9.66 Å². The van der Waals surface area contributed by atoms with E-state index in [2.05, 4.69) is 0 Å². The average Bonchev–Trinajstić information content (AvgIpc) is 2.09. The first-order chi connectivity index (χ1) is 6.52. The van der Waals surface area contributed by atoms with Gasteiger partial charge >= 0.3 is 0 Å². The van der Waals surface area contributed by atoms with E-state index in [9.17, 15) is 8.42 Å². The number of hydrogen-bond donors (Lipinski definition) is 2. The molecule has 2 N–H and O–H groups in total. The Labute approximate surface area is 86.1 Å². The molecule has 0 saturated carbocycles. The lowest BCUT2D eigenvalue weighted by Gasteiger charge is -2.10. The highest BCUT2D eigenvalue weighted by atomic mass is 32.2. The van der Waals surface area contributed by atoms with Gasteiger partial charge in [0.05, 0.1) is 5.25 Å². The second kappa shape index (κ2) is 7.20. The van der Waals surface area contributed by atoms with Crippen molar-refractivity contribution < 1.29 is 18.1 Å². The lowest BCUT2D eigenvalue weighted by atomic mass is 10.1. The van der Waals surface area contributed by atoms with Crippen molar-refractivity contribution in [3.05, 3.63) is 0 Å². The van der Waals surface area contributed by atoms with Gasteiger partial charge in [-0.2, -0.15) is 8.42 Å². The molecule has 5 heteroatoms. The molecular weight excluding hydrogens is 204 g/mol. The first-order valence-electron chi connectivity index (χ1n) is 5.09. The second-order valence-corrected chi connectivity index (χ2v) is 5.17. The molecular formula is C9H20O4S. The molecule has 4 nitrogen and oxygen atoms in total. The molecule has 0 fully saturated rings. The Bertz CT molecular complexity index is 223. The molecule has 0 aliphatic rings. The van der Waals surface area contributed by atoms with Gasteiger partial charge in [0, 0.05) is 6.61 Å². The van der Waals surface area contributed by atoms with Crippen LogP contribution < -0.4 is 0 Å². The van der Waals surface area contributed by atoms with Gasteiger partial charge in [-0.05, 0) is 19.3 Å². The molecule has 0 aromatic rings. The minimum atomic E-state index is -3.86. The van der Waals surface area contributed by atoms with E-state index >= 15 is 0 Å². The van der Waals surface area contributed by atoms with Gasteiger partial charge in [-0.1, -0.05) is 26.2 Å². The van der Waals surface area contributed by atoms with Crippen molar-refractivity contribution in [2.24, 2.45) is 0 Å². The Morgan fingerprint density at radius 3 is 2.14 bits per heavy atom. The molecule has 86 valence electrons. The van der Waals surface area contributed by atoms with E-state index in [0.29, 0.717) is 12.8 Å². The van der Waals surface area contributed by atoms with Crippen molar-refractivity contribution in [2.45, 2.75) is 50.7 Å². The first-order valence-corrected chi connectivity index (χ1v) is 6.59. The third-order valence-electron chi connectivity index (χ3n) is 2.31. The highest BCUT2D eigenvalue weighted by Gasteiger charge is 2.19. The Kier molecular flexibility index (Phi) is 7.13. The molecule has 0 bridgehead atoms. The largest absolute Gasteiger partial charge is 0.396 e. The van der Waals surface area contributed by atoms with Gasteiger partial charge in [0.1, 0.15) is 0 Å². The van der Waals surface area contributed by atoms with Crippen molar-refractivity contribution in [1.82, 2.24) is 0 Å². The van der Waals surface area contributed by atoms with Crippen LogP contribution >= 0.6 is 0 Å². The summed E-state index contributed by atoms with van der Waals surface area (Å²) in [5.41, 5.74) is 0. The van der Waals surface area contributed by atoms with E-state index in [-0.39, 0.29) is 6.61 Å². The van der Waals surface area contributed by atoms with Gasteiger partial charge in [-0.15, -0.1) is 0 Å². The fourth-order valence-electron chi connectivity index (χ4n) is 1.40. The third-order valence-corrected chi connectivity index (χ3v) is 3.72. The molecule has 0 amide bonds. The van der Waals surface area contributed by atoms with Crippen LogP contribution in [0, 0.1) is 0 Å². The SMILES string of the molecule is CCC(CCCCCCO)S(=O)(=O)O. The molecule has 0 saturated heterocycles. The number of aliphatic hydroxyl groups excluding tert-OH is 1. The van der Waals surface area contributed by atoms with Crippen LogP contribution in [0.1, 0.15) is 45.4 Å². The van der Waals surface area contributed by atoms with E-state index in [1.165, 1.54) is 0 Å². The fourth-order valence-corrected chi connectivity index (χ4v) is 2.29. The molecule has 0 spiro atoms. The van der Waals surface area contributed by atoms with Crippen molar-refractivity contribution in [3.63, 3.8) is 0 Å². The number of aliphatic hydroxyl groups is 1. The van der Waals surface area contributed by atoms with Gasteiger partial charge in [-0.3, -0.25) is 4.55 Å². The molecule has 0 rings (SSSR count). The number of unbranched alkanes of at least 4 members (excludes halogenated alkanes) is 3.